The van der Waals surface area contributed by atoms with Crippen molar-refractivity contribution in [2.75, 3.05) is 19.6 Å². The average molecular weight is 339 g/mol. The zero-order chi connectivity index (χ0) is 17.0. The standard InChI is InChI=1S/C15H21N3O4S/c1-3-8-17-9-6-13(7-10-17)16-23(21,22)14-4-5-15(18(19)20)12(2)11-14/h3-5,11,13,16H,1,6-10H2,2H3. The number of nitro benzene ring substituents is 1. The number of hydrogen-bond donors (Lipinski definition) is 1. The molecule has 0 unspecified atom stereocenters. The largest absolute Gasteiger partial charge is 0.300 e. The van der Waals surface area contributed by atoms with Crippen molar-refractivity contribution in [3.05, 3.63) is 46.5 Å². The molecule has 23 heavy (non-hydrogen) atoms. The van der Waals surface area contributed by atoms with E-state index < -0.39 is 14.9 Å². The van der Waals surface area contributed by atoms with E-state index in [1.165, 1.54) is 25.1 Å². The number of hydrogen-bond acceptors (Lipinski definition) is 5. The normalized spacial score (nSPS) is 17.1. The Morgan fingerprint density at radius 2 is 2.09 bits per heavy atom. The van der Waals surface area contributed by atoms with Crippen molar-refractivity contribution in [2.45, 2.75) is 30.7 Å². The second-order valence-electron chi connectivity index (χ2n) is 5.69. The first-order valence-electron chi connectivity index (χ1n) is 7.44. The summed E-state index contributed by atoms with van der Waals surface area (Å²) >= 11 is 0. The number of benzene rings is 1. The van der Waals surface area contributed by atoms with Crippen LogP contribution in [0.15, 0.2) is 35.7 Å². The first kappa shape index (κ1) is 17.6. The zero-order valence-electron chi connectivity index (χ0n) is 13.1. The van der Waals surface area contributed by atoms with Gasteiger partial charge in [0.25, 0.3) is 5.69 Å². The van der Waals surface area contributed by atoms with Crippen LogP contribution in [0, 0.1) is 17.0 Å². The van der Waals surface area contributed by atoms with Gasteiger partial charge in [-0.2, -0.15) is 0 Å². The Hall–Kier alpha value is -1.77. The highest BCUT2D eigenvalue weighted by Gasteiger charge is 2.25. The SMILES string of the molecule is C=CCN1CCC(NS(=O)(=O)c2ccc([N+](=O)[O-])c(C)c2)CC1. The molecule has 0 spiro atoms. The van der Waals surface area contributed by atoms with Gasteiger partial charge >= 0.3 is 0 Å². The molecule has 8 heteroatoms. The van der Waals surface area contributed by atoms with E-state index in [2.05, 4.69) is 16.2 Å². The third-order valence-electron chi connectivity index (χ3n) is 3.97. The van der Waals surface area contributed by atoms with Crippen LogP contribution in [0.5, 0.6) is 0 Å². The van der Waals surface area contributed by atoms with Crippen LogP contribution in [0.1, 0.15) is 18.4 Å². The fourth-order valence-electron chi connectivity index (χ4n) is 2.70. The summed E-state index contributed by atoms with van der Waals surface area (Å²) in [7, 11) is -3.67. The topological polar surface area (TPSA) is 92.6 Å². The van der Waals surface area contributed by atoms with Gasteiger partial charge in [0, 0.05) is 24.2 Å². The highest BCUT2D eigenvalue weighted by atomic mass is 32.2. The van der Waals surface area contributed by atoms with Crippen molar-refractivity contribution in [2.24, 2.45) is 0 Å². The molecule has 1 aliphatic rings. The summed E-state index contributed by atoms with van der Waals surface area (Å²) in [5, 5.41) is 10.8. The Balaban J connectivity index is 2.06. The number of aryl methyl sites for hydroxylation is 1. The van der Waals surface area contributed by atoms with Crippen LogP contribution in [0.3, 0.4) is 0 Å². The van der Waals surface area contributed by atoms with Gasteiger partial charge in [-0.3, -0.25) is 15.0 Å². The number of piperidine rings is 1. The number of nitrogens with zero attached hydrogens (tertiary/aromatic N) is 2. The van der Waals surface area contributed by atoms with Gasteiger partial charge < -0.3 is 0 Å². The minimum Gasteiger partial charge on any atom is -0.300 e. The maximum atomic E-state index is 12.4. The van der Waals surface area contributed by atoms with E-state index in [-0.39, 0.29) is 16.6 Å². The molecule has 1 aliphatic heterocycles. The molecule has 0 aliphatic carbocycles. The van der Waals surface area contributed by atoms with Crippen molar-refractivity contribution < 1.29 is 13.3 Å². The smallest absolute Gasteiger partial charge is 0.272 e. The molecule has 1 aromatic carbocycles. The van der Waals surface area contributed by atoms with Crippen LogP contribution in [-0.4, -0.2) is 43.9 Å². The summed E-state index contributed by atoms with van der Waals surface area (Å²) in [5.74, 6) is 0. The Kier molecular flexibility index (Phi) is 5.51. The van der Waals surface area contributed by atoms with Crippen molar-refractivity contribution >= 4 is 15.7 Å². The summed E-state index contributed by atoms with van der Waals surface area (Å²) in [6.45, 7) is 7.67. The van der Waals surface area contributed by atoms with E-state index in [1.54, 1.807) is 0 Å². The Labute approximate surface area is 136 Å². The second-order valence-corrected chi connectivity index (χ2v) is 7.40. The van der Waals surface area contributed by atoms with Gasteiger partial charge in [0.1, 0.15) is 0 Å². The van der Waals surface area contributed by atoms with Crippen LogP contribution >= 0.6 is 0 Å². The quantitative estimate of drug-likeness (QED) is 0.485. The third-order valence-corrected chi connectivity index (χ3v) is 5.49. The monoisotopic (exact) mass is 339 g/mol. The molecule has 0 saturated carbocycles. The summed E-state index contributed by atoms with van der Waals surface area (Å²) < 4.78 is 27.6. The van der Waals surface area contributed by atoms with E-state index in [0.717, 1.165) is 32.5 Å². The van der Waals surface area contributed by atoms with Crippen LogP contribution in [0.4, 0.5) is 5.69 Å². The molecule has 126 valence electrons. The highest BCUT2D eigenvalue weighted by molar-refractivity contribution is 7.89. The lowest BCUT2D eigenvalue weighted by Crippen LogP contribution is -2.44. The van der Waals surface area contributed by atoms with Crippen molar-refractivity contribution in [3.8, 4) is 0 Å². The Morgan fingerprint density at radius 1 is 1.43 bits per heavy atom. The van der Waals surface area contributed by atoms with Crippen LogP contribution in [-0.2, 0) is 10.0 Å². The molecule has 0 radical (unpaired) electrons. The molecule has 0 atom stereocenters. The van der Waals surface area contributed by atoms with Crippen LogP contribution in [0.25, 0.3) is 0 Å². The van der Waals surface area contributed by atoms with Gasteiger partial charge in [-0.05, 0) is 45.0 Å². The molecule has 0 aromatic heterocycles. The van der Waals surface area contributed by atoms with E-state index >= 15 is 0 Å². The lowest BCUT2D eigenvalue weighted by atomic mass is 10.1. The molecule has 1 saturated heterocycles. The maximum absolute atomic E-state index is 12.4. The highest BCUT2D eigenvalue weighted by Crippen LogP contribution is 2.22. The van der Waals surface area contributed by atoms with Crippen LogP contribution in [0.2, 0.25) is 0 Å². The van der Waals surface area contributed by atoms with E-state index in [9.17, 15) is 18.5 Å². The van der Waals surface area contributed by atoms with E-state index in [0.29, 0.717) is 5.56 Å². The fraction of sp³-hybridized carbons (Fsp3) is 0.467. The molecule has 1 aromatic rings. The zero-order valence-corrected chi connectivity index (χ0v) is 13.9. The molecular formula is C15H21N3O4S. The molecule has 1 heterocycles. The van der Waals surface area contributed by atoms with Gasteiger partial charge in [-0.25, -0.2) is 13.1 Å². The molecule has 0 bridgehead atoms. The van der Waals surface area contributed by atoms with Crippen molar-refractivity contribution in [3.63, 3.8) is 0 Å². The van der Waals surface area contributed by atoms with Crippen molar-refractivity contribution in [1.29, 1.82) is 0 Å². The predicted molar refractivity (Wildman–Crippen MR) is 87.8 cm³/mol. The first-order valence-corrected chi connectivity index (χ1v) is 8.92. The average Bonchev–Trinajstić information content (AvgIpc) is 2.49. The fourth-order valence-corrected chi connectivity index (χ4v) is 4.09. The summed E-state index contributed by atoms with van der Waals surface area (Å²) in [6, 6.07) is 3.74. The molecular weight excluding hydrogens is 318 g/mol. The van der Waals surface area contributed by atoms with Gasteiger partial charge in [0.2, 0.25) is 10.0 Å². The minimum atomic E-state index is -3.67. The Bertz CT molecular complexity index is 695. The molecule has 1 N–H and O–H groups in total. The number of nitro groups is 1. The summed E-state index contributed by atoms with van der Waals surface area (Å²) in [6.07, 6.45) is 3.31. The predicted octanol–water partition coefficient (Wildman–Crippen LogP) is 1.83. The molecule has 1 fully saturated rings. The molecule has 0 amide bonds. The second kappa shape index (κ2) is 7.20. The van der Waals surface area contributed by atoms with Gasteiger partial charge in [-0.15, -0.1) is 6.58 Å². The maximum Gasteiger partial charge on any atom is 0.272 e. The van der Waals surface area contributed by atoms with Gasteiger partial charge in [0.15, 0.2) is 0 Å². The van der Waals surface area contributed by atoms with Crippen molar-refractivity contribution in [1.82, 2.24) is 9.62 Å². The number of sulfonamides is 1. The number of rotatable bonds is 6. The van der Waals surface area contributed by atoms with E-state index in [4.69, 9.17) is 0 Å². The lowest BCUT2D eigenvalue weighted by Gasteiger charge is -2.31. The minimum absolute atomic E-state index is 0.0640. The lowest BCUT2D eigenvalue weighted by molar-refractivity contribution is -0.385. The summed E-state index contributed by atoms with van der Waals surface area (Å²) in [4.78, 5) is 12.6. The first-order chi connectivity index (χ1) is 10.8. The Morgan fingerprint density at radius 3 is 2.61 bits per heavy atom. The number of nitrogens with one attached hydrogen (secondary N) is 1. The van der Waals surface area contributed by atoms with E-state index in [1.807, 2.05) is 6.08 Å². The third kappa shape index (κ3) is 4.37. The summed E-state index contributed by atoms with van der Waals surface area (Å²) in [5.41, 5.74) is 0.250. The molecule has 2 rings (SSSR count). The number of likely N-dealkylation sites (tertiary alicyclic amines) is 1. The van der Waals surface area contributed by atoms with Crippen LogP contribution < -0.4 is 4.72 Å². The van der Waals surface area contributed by atoms with Gasteiger partial charge in [0.05, 0.1) is 9.82 Å². The van der Waals surface area contributed by atoms with Gasteiger partial charge in [-0.1, -0.05) is 6.08 Å². The molecule has 7 nitrogen and oxygen atoms in total.